The van der Waals surface area contributed by atoms with Crippen LogP contribution >= 0.6 is 0 Å². The normalized spacial score (nSPS) is 11.2. The number of amides is 1. The average molecular weight is 342 g/mol. The van der Waals surface area contributed by atoms with E-state index in [1.165, 1.54) is 11.0 Å². The maximum atomic E-state index is 14.2. The Balaban J connectivity index is 2.86. The van der Waals surface area contributed by atoms with E-state index in [0.717, 1.165) is 0 Å². The van der Waals surface area contributed by atoms with Crippen LogP contribution in [0, 0.1) is 5.82 Å². The minimum Gasteiger partial charge on any atom is -0.490 e. The predicted octanol–water partition coefficient (Wildman–Crippen LogP) is 3.19. The lowest BCUT2D eigenvalue weighted by atomic mass is 10.1. The van der Waals surface area contributed by atoms with E-state index in [0.29, 0.717) is 25.2 Å². The van der Waals surface area contributed by atoms with E-state index in [1.807, 2.05) is 0 Å². The number of nitrogens with zero attached hydrogens (tertiary/aromatic N) is 1. The lowest BCUT2D eigenvalue weighted by Crippen LogP contribution is -2.34. The van der Waals surface area contributed by atoms with E-state index in [4.69, 9.17) is 19.9 Å². The van der Waals surface area contributed by atoms with Crippen LogP contribution in [0.2, 0.25) is 0 Å². The molecule has 0 aliphatic heterocycles. The standard InChI is InChI=1S/C17H27FN2O4/c1-17(2,3)24-16(21)20(4)11-12-9-13(19)10-14(18)15(12)23-8-6-7-22-5/h9-10H,6-8,11,19H2,1-5H3. The molecule has 0 aliphatic carbocycles. The van der Waals surface area contributed by atoms with E-state index < -0.39 is 17.5 Å². The van der Waals surface area contributed by atoms with Crippen LogP contribution in [-0.4, -0.2) is 44.0 Å². The number of benzene rings is 1. The number of ether oxygens (including phenoxy) is 3. The van der Waals surface area contributed by atoms with Crippen molar-refractivity contribution in [2.75, 3.05) is 33.1 Å². The van der Waals surface area contributed by atoms with E-state index in [2.05, 4.69) is 0 Å². The Kier molecular flexibility index (Phi) is 7.28. The fraction of sp³-hybridized carbons (Fsp3) is 0.588. The summed E-state index contributed by atoms with van der Waals surface area (Å²) in [6.45, 7) is 6.29. The Morgan fingerprint density at radius 3 is 2.54 bits per heavy atom. The largest absolute Gasteiger partial charge is 0.490 e. The number of anilines is 1. The van der Waals surface area contributed by atoms with Crippen LogP contribution in [0.25, 0.3) is 0 Å². The molecule has 6 nitrogen and oxygen atoms in total. The van der Waals surface area contributed by atoms with Crippen LogP contribution in [-0.2, 0) is 16.0 Å². The molecule has 1 aromatic carbocycles. The van der Waals surface area contributed by atoms with Gasteiger partial charge in [-0.15, -0.1) is 0 Å². The third kappa shape index (κ3) is 6.62. The number of carbonyl (C=O) groups excluding carboxylic acids is 1. The summed E-state index contributed by atoms with van der Waals surface area (Å²) < 4.78 is 29.9. The van der Waals surface area contributed by atoms with Crippen LogP contribution < -0.4 is 10.5 Å². The number of carbonyl (C=O) groups is 1. The minimum absolute atomic E-state index is 0.0933. The first-order valence-corrected chi connectivity index (χ1v) is 7.78. The van der Waals surface area contributed by atoms with Crippen LogP contribution in [0.5, 0.6) is 5.75 Å². The maximum absolute atomic E-state index is 14.2. The molecule has 1 aromatic rings. The molecule has 1 amide bonds. The van der Waals surface area contributed by atoms with Crippen molar-refractivity contribution in [2.45, 2.75) is 39.3 Å². The quantitative estimate of drug-likeness (QED) is 0.608. The predicted molar refractivity (Wildman–Crippen MR) is 90.5 cm³/mol. The lowest BCUT2D eigenvalue weighted by Gasteiger charge is -2.25. The highest BCUT2D eigenvalue weighted by atomic mass is 19.1. The molecule has 0 unspecified atom stereocenters. The minimum atomic E-state index is -0.605. The molecular formula is C17H27FN2O4. The lowest BCUT2D eigenvalue weighted by molar-refractivity contribution is 0.0283. The van der Waals surface area contributed by atoms with Crippen molar-refractivity contribution in [2.24, 2.45) is 0 Å². The molecule has 0 aliphatic rings. The van der Waals surface area contributed by atoms with Gasteiger partial charge in [0.15, 0.2) is 11.6 Å². The molecule has 0 heterocycles. The van der Waals surface area contributed by atoms with Gasteiger partial charge in [-0.1, -0.05) is 0 Å². The van der Waals surface area contributed by atoms with Gasteiger partial charge in [-0.3, -0.25) is 0 Å². The summed E-state index contributed by atoms with van der Waals surface area (Å²) in [4.78, 5) is 13.4. The number of hydrogen-bond acceptors (Lipinski definition) is 5. The van der Waals surface area contributed by atoms with Gasteiger partial charge in [0.25, 0.3) is 0 Å². The highest BCUT2D eigenvalue weighted by Gasteiger charge is 2.21. The molecule has 0 aromatic heterocycles. The third-order valence-corrected chi connectivity index (χ3v) is 2.99. The molecule has 24 heavy (non-hydrogen) atoms. The Labute approximate surface area is 142 Å². The molecule has 0 saturated carbocycles. The highest BCUT2D eigenvalue weighted by Crippen LogP contribution is 2.27. The van der Waals surface area contributed by atoms with Gasteiger partial charge in [0.05, 0.1) is 13.2 Å². The molecule has 2 N–H and O–H groups in total. The summed E-state index contributed by atoms with van der Waals surface area (Å²) in [7, 11) is 3.16. The Morgan fingerprint density at radius 2 is 1.96 bits per heavy atom. The van der Waals surface area contributed by atoms with Crippen LogP contribution in [0.15, 0.2) is 12.1 Å². The summed E-state index contributed by atoms with van der Waals surface area (Å²) in [5.41, 5.74) is 5.86. The summed E-state index contributed by atoms with van der Waals surface area (Å²) in [6.07, 6.45) is 0.123. The zero-order chi connectivity index (χ0) is 18.3. The maximum Gasteiger partial charge on any atom is 0.410 e. The van der Waals surface area contributed by atoms with Gasteiger partial charge in [0.1, 0.15) is 5.60 Å². The smallest absolute Gasteiger partial charge is 0.410 e. The number of hydrogen-bond donors (Lipinski definition) is 1. The molecule has 0 atom stereocenters. The molecule has 0 saturated heterocycles. The molecule has 0 radical (unpaired) electrons. The first kappa shape index (κ1) is 20.0. The second-order valence-electron chi connectivity index (χ2n) is 6.52. The molecule has 0 fully saturated rings. The zero-order valence-corrected chi connectivity index (χ0v) is 15.0. The van der Waals surface area contributed by atoms with Gasteiger partial charge < -0.3 is 24.8 Å². The van der Waals surface area contributed by atoms with Crippen molar-refractivity contribution >= 4 is 11.8 Å². The van der Waals surface area contributed by atoms with Crippen molar-refractivity contribution in [3.8, 4) is 5.75 Å². The topological polar surface area (TPSA) is 74.0 Å². The summed E-state index contributed by atoms with van der Waals surface area (Å²) in [5, 5.41) is 0. The Bertz CT molecular complexity index is 558. The fourth-order valence-corrected chi connectivity index (χ4v) is 1.99. The van der Waals surface area contributed by atoms with Gasteiger partial charge in [-0.2, -0.15) is 0 Å². The zero-order valence-electron chi connectivity index (χ0n) is 15.0. The Morgan fingerprint density at radius 1 is 1.29 bits per heavy atom. The van der Waals surface area contributed by atoms with Gasteiger partial charge >= 0.3 is 6.09 Å². The summed E-state index contributed by atoms with van der Waals surface area (Å²) >= 11 is 0. The van der Waals surface area contributed by atoms with Crippen molar-refractivity contribution in [3.05, 3.63) is 23.5 Å². The number of nitrogens with two attached hydrogens (primary N) is 1. The van der Waals surface area contributed by atoms with Gasteiger partial charge in [0.2, 0.25) is 0 Å². The Hall–Kier alpha value is -2.02. The van der Waals surface area contributed by atoms with E-state index in [1.54, 1.807) is 41.0 Å². The molecule has 1 rings (SSSR count). The molecular weight excluding hydrogens is 315 g/mol. The van der Waals surface area contributed by atoms with E-state index in [9.17, 15) is 9.18 Å². The number of methoxy groups -OCH3 is 1. The number of nitrogen functional groups attached to an aromatic ring is 1. The fourth-order valence-electron chi connectivity index (χ4n) is 1.99. The van der Waals surface area contributed by atoms with Crippen molar-refractivity contribution in [1.29, 1.82) is 0 Å². The third-order valence-electron chi connectivity index (χ3n) is 2.99. The van der Waals surface area contributed by atoms with Crippen LogP contribution in [0.3, 0.4) is 0 Å². The first-order valence-electron chi connectivity index (χ1n) is 7.78. The van der Waals surface area contributed by atoms with Crippen LogP contribution in [0.1, 0.15) is 32.8 Å². The van der Waals surface area contributed by atoms with E-state index >= 15 is 0 Å². The molecule has 7 heteroatoms. The summed E-state index contributed by atoms with van der Waals surface area (Å²) in [6, 6.07) is 2.79. The molecule has 0 spiro atoms. The van der Waals surface area contributed by atoms with Crippen molar-refractivity contribution in [1.82, 2.24) is 4.90 Å². The van der Waals surface area contributed by atoms with E-state index in [-0.39, 0.29) is 18.0 Å². The van der Waals surface area contributed by atoms with Gasteiger partial charge in [-0.25, -0.2) is 9.18 Å². The average Bonchev–Trinajstić information content (AvgIpc) is 2.43. The first-order chi connectivity index (χ1) is 11.1. The second-order valence-corrected chi connectivity index (χ2v) is 6.52. The monoisotopic (exact) mass is 342 g/mol. The molecule has 136 valence electrons. The number of halogens is 1. The molecule has 0 bridgehead atoms. The van der Waals surface area contributed by atoms with Crippen molar-refractivity contribution in [3.63, 3.8) is 0 Å². The second kappa shape index (κ2) is 8.73. The van der Waals surface area contributed by atoms with Crippen LogP contribution in [0.4, 0.5) is 14.9 Å². The number of rotatable bonds is 7. The SMILES string of the molecule is COCCCOc1c(F)cc(N)cc1CN(C)C(=O)OC(C)(C)C. The van der Waals surface area contributed by atoms with Gasteiger partial charge in [0, 0.05) is 44.5 Å². The van der Waals surface area contributed by atoms with Crippen molar-refractivity contribution < 1.29 is 23.4 Å². The van der Waals surface area contributed by atoms with Gasteiger partial charge in [-0.05, 0) is 26.8 Å². The summed E-state index contributed by atoms with van der Waals surface area (Å²) in [5.74, 6) is -0.462. The highest BCUT2D eigenvalue weighted by molar-refractivity contribution is 5.68.